The molecule has 0 aliphatic heterocycles. The second kappa shape index (κ2) is 6.37. The van der Waals surface area contributed by atoms with E-state index in [-0.39, 0.29) is 17.8 Å². The Morgan fingerprint density at radius 3 is 2.53 bits per heavy atom. The Morgan fingerprint density at radius 2 is 2.00 bits per heavy atom. The summed E-state index contributed by atoms with van der Waals surface area (Å²) in [4.78, 5) is 0. The second-order valence-electron chi connectivity index (χ2n) is 4.50. The van der Waals surface area contributed by atoms with Crippen LogP contribution in [0.1, 0.15) is 19.4 Å². The minimum absolute atomic E-state index is 0. The number of hydrogen-bond acceptors (Lipinski definition) is 1. The third-order valence-electron chi connectivity index (χ3n) is 2.23. The van der Waals surface area contributed by atoms with Crippen LogP contribution in [0.25, 0.3) is 0 Å². The van der Waals surface area contributed by atoms with Crippen LogP contribution in [0.15, 0.2) is 24.3 Å². The van der Waals surface area contributed by atoms with Crippen molar-refractivity contribution in [2.24, 2.45) is 5.41 Å². The maximum atomic E-state index is 5.94. The van der Waals surface area contributed by atoms with Crippen LogP contribution >= 0.6 is 24.0 Å². The normalized spacial score (nSPS) is 10.9. The molecule has 3 heteroatoms. The first-order valence-corrected chi connectivity index (χ1v) is 5.30. The Kier molecular flexibility index (Phi) is 6.26. The summed E-state index contributed by atoms with van der Waals surface area (Å²) < 4.78 is 0. The molecule has 0 radical (unpaired) electrons. The first-order valence-electron chi connectivity index (χ1n) is 4.92. The van der Waals surface area contributed by atoms with Crippen molar-refractivity contribution in [3.05, 3.63) is 34.9 Å². The lowest BCUT2D eigenvalue weighted by atomic mass is 9.86. The lowest BCUT2D eigenvalue weighted by molar-refractivity contribution is 0.350. The molecular weight excluding hydrogens is 229 g/mol. The zero-order chi connectivity index (χ0) is 10.6. The highest BCUT2D eigenvalue weighted by Gasteiger charge is 2.17. The predicted molar refractivity (Wildman–Crippen MR) is 70.1 cm³/mol. The molecule has 1 rings (SSSR count). The van der Waals surface area contributed by atoms with Crippen LogP contribution in [0, 0.1) is 5.41 Å². The summed E-state index contributed by atoms with van der Waals surface area (Å²) in [5.41, 5.74) is 1.58. The van der Waals surface area contributed by atoms with Crippen LogP contribution in [0.5, 0.6) is 0 Å². The summed E-state index contributed by atoms with van der Waals surface area (Å²) in [5.74, 6) is 0. The van der Waals surface area contributed by atoms with E-state index in [1.807, 2.05) is 25.2 Å². The molecule has 1 aromatic carbocycles. The molecule has 1 aromatic rings. The van der Waals surface area contributed by atoms with Crippen molar-refractivity contribution in [3.8, 4) is 0 Å². The highest BCUT2D eigenvalue weighted by Crippen LogP contribution is 2.22. The molecule has 0 atom stereocenters. The first-order chi connectivity index (χ1) is 6.53. The van der Waals surface area contributed by atoms with Gasteiger partial charge >= 0.3 is 0 Å². The van der Waals surface area contributed by atoms with Crippen LogP contribution in [0.4, 0.5) is 0 Å². The van der Waals surface area contributed by atoms with Gasteiger partial charge in [-0.05, 0) is 36.6 Å². The van der Waals surface area contributed by atoms with E-state index in [1.165, 1.54) is 5.56 Å². The summed E-state index contributed by atoms with van der Waals surface area (Å²) in [7, 11) is 1.99. The van der Waals surface area contributed by atoms with Gasteiger partial charge in [-0.25, -0.2) is 0 Å². The Labute approximate surface area is 104 Å². The van der Waals surface area contributed by atoms with Gasteiger partial charge in [-0.3, -0.25) is 0 Å². The van der Waals surface area contributed by atoms with Gasteiger partial charge in [-0.1, -0.05) is 37.6 Å². The van der Waals surface area contributed by atoms with Crippen LogP contribution in [-0.4, -0.2) is 13.6 Å². The molecule has 0 spiro atoms. The largest absolute Gasteiger partial charge is 0.319 e. The van der Waals surface area contributed by atoms with E-state index >= 15 is 0 Å². The molecule has 0 heterocycles. The fourth-order valence-corrected chi connectivity index (χ4v) is 1.95. The molecule has 1 nitrogen and oxygen atoms in total. The summed E-state index contributed by atoms with van der Waals surface area (Å²) in [6.45, 7) is 5.52. The highest BCUT2D eigenvalue weighted by atomic mass is 35.5. The van der Waals surface area contributed by atoms with Crippen molar-refractivity contribution in [1.82, 2.24) is 5.32 Å². The van der Waals surface area contributed by atoms with E-state index in [9.17, 15) is 0 Å². The maximum Gasteiger partial charge on any atom is 0.0408 e. The van der Waals surface area contributed by atoms with Crippen LogP contribution in [0.2, 0.25) is 5.02 Å². The first kappa shape index (κ1) is 14.8. The number of hydrogen-bond donors (Lipinski definition) is 1. The zero-order valence-corrected chi connectivity index (χ0v) is 11.1. The van der Waals surface area contributed by atoms with Gasteiger partial charge < -0.3 is 5.32 Å². The zero-order valence-electron chi connectivity index (χ0n) is 9.51. The molecule has 86 valence electrons. The smallest absolute Gasteiger partial charge is 0.0408 e. The quantitative estimate of drug-likeness (QED) is 0.859. The molecule has 0 fully saturated rings. The minimum atomic E-state index is 0. The lowest BCUT2D eigenvalue weighted by Crippen LogP contribution is -2.28. The summed E-state index contributed by atoms with van der Waals surface area (Å²) in [5, 5.41) is 4.03. The van der Waals surface area contributed by atoms with Crippen LogP contribution in [-0.2, 0) is 6.42 Å². The van der Waals surface area contributed by atoms with E-state index in [0.29, 0.717) is 0 Å². The molecule has 0 unspecified atom stereocenters. The highest BCUT2D eigenvalue weighted by molar-refractivity contribution is 6.30. The summed E-state index contributed by atoms with van der Waals surface area (Å²) >= 11 is 5.94. The molecule has 0 bridgehead atoms. The molecule has 15 heavy (non-hydrogen) atoms. The van der Waals surface area contributed by atoms with E-state index in [0.717, 1.165) is 18.0 Å². The SMILES string of the molecule is CNCC(C)(C)Cc1cccc(Cl)c1.Cl. The number of benzene rings is 1. The van der Waals surface area contributed by atoms with E-state index < -0.39 is 0 Å². The van der Waals surface area contributed by atoms with Gasteiger partial charge in [0.25, 0.3) is 0 Å². The van der Waals surface area contributed by atoms with Gasteiger partial charge in [-0.15, -0.1) is 12.4 Å². The fraction of sp³-hybridized carbons (Fsp3) is 0.500. The van der Waals surface area contributed by atoms with E-state index in [4.69, 9.17) is 11.6 Å². The number of rotatable bonds is 4. The molecule has 0 aliphatic rings. The molecule has 0 aromatic heterocycles. The van der Waals surface area contributed by atoms with Gasteiger partial charge in [0, 0.05) is 11.6 Å². The lowest BCUT2D eigenvalue weighted by Gasteiger charge is -2.24. The molecular formula is C12H19Cl2N. The van der Waals surface area contributed by atoms with Gasteiger partial charge in [0.05, 0.1) is 0 Å². The molecule has 0 amide bonds. The Balaban J connectivity index is 0.00000196. The van der Waals surface area contributed by atoms with E-state index in [2.05, 4.69) is 25.2 Å². The standard InChI is InChI=1S/C12H18ClN.ClH/c1-12(2,9-14-3)8-10-5-4-6-11(13)7-10;/h4-7,14H,8-9H2,1-3H3;1H. The van der Waals surface area contributed by atoms with Crippen LogP contribution in [0.3, 0.4) is 0 Å². The van der Waals surface area contributed by atoms with Crippen molar-refractivity contribution in [3.63, 3.8) is 0 Å². The Morgan fingerprint density at radius 1 is 1.33 bits per heavy atom. The third kappa shape index (κ3) is 5.41. The average Bonchev–Trinajstić information content (AvgIpc) is 2.02. The van der Waals surface area contributed by atoms with Crippen molar-refractivity contribution in [1.29, 1.82) is 0 Å². The Bertz CT molecular complexity index is 297. The van der Waals surface area contributed by atoms with E-state index in [1.54, 1.807) is 0 Å². The molecule has 1 N–H and O–H groups in total. The Hall–Kier alpha value is -0.240. The monoisotopic (exact) mass is 247 g/mol. The average molecular weight is 248 g/mol. The van der Waals surface area contributed by atoms with Crippen molar-refractivity contribution in [2.45, 2.75) is 20.3 Å². The fourth-order valence-electron chi connectivity index (χ4n) is 1.74. The number of halogens is 2. The van der Waals surface area contributed by atoms with Gasteiger partial charge in [0.1, 0.15) is 0 Å². The molecule has 0 aliphatic carbocycles. The van der Waals surface area contributed by atoms with Crippen molar-refractivity contribution in [2.75, 3.05) is 13.6 Å². The molecule has 0 saturated carbocycles. The predicted octanol–water partition coefficient (Wildman–Crippen LogP) is 3.55. The summed E-state index contributed by atoms with van der Waals surface area (Å²) in [6, 6.07) is 8.09. The van der Waals surface area contributed by atoms with Gasteiger partial charge in [-0.2, -0.15) is 0 Å². The third-order valence-corrected chi connectivity index (χ3v) is 2.46. The van der Waals surface area contributed by atoms with Gasteiger partial charge in [0.2, 0.25) is 0 Å². The molecule has 0 saturated heterocycles. The maximum absolute atomic E-state index is 5.94. The minimum Gasteiger partial charge on any atom is -0.319 e. The second-order valence-corrected chi connectivity index (χ2v) is 4.94. The van der Waals surface area contributed by atoms with Crippen molar-refractivity contribution >= 4 is 24.0 Å². The van der Waals surface area contributed by atoms with Crippen molar-refractivity contribution < 1.29 is 0 Å². The topological polar surface area (TPSA) is 12.0 Å². The summed E-state index contributed by atoms with van der Waals surface area (Å²) in [6.07, 6.45) is 1.05. The number of nitrogens with one attached hydrogen (secondary N) is 1. The van der Waals surface area contributed by atoms with Crippen LogP contribution < -0.4 is 5.32 Å². The van der Waals surface area contributed by atoms with Gasteiger partial charge in [0.15, 0.2) is 0 Å².